The highest BCUT2D eigenvalue weighted by Gasteiger charge is 2.34. The van der Waals surface area contributed by atoms with Crippen LogP contribution in [0.3, 0.4) is 0 Å². The van der Waals surface area contributed by atoms with Crippen LogP contribution < -0.4 is 10.7 Å². The number of para-hydroxylation sites is 1. The maximum atomic E-state index is 13.4. The van der Waals surface area contributed by atoms with E-state index in [0.717, 1.165) is 6.07 Å². The smallest absolute Gasteiger partial charge is 0.343 e. The molecule has 0 fully saturated rings. The summed E-state index contributed by atoms with van der Waals surface area (Å²) in [6, 6.07) is 6.93. The molecule has 0 atom stereocenters. The van der Waals surface area contributed by atoms with Crippen LogP contribution in [0, 0.1) is 13.8 Å². The van der Waals surface area contributed by atoms with Crippen LogP contribution in [0.1, 0.15) is 43.3 Å². The number of benzene rings is 1. The van der Waals surface area contributed by atoms with Crippen molar-refractivity contribution < 1.29 is 22.8 Å². The molecule has 0 bridgehead atoms. The molecule has 2 aromatic rings. The highest BCUT2D eigenvalue weighted by atomic mass is 19.4. The van der Waals surface area contributed by atoms with Gasteiger partial charge in [0.25, 0.3) is 0 Å². The Morgan fingerprint density at radius 1 is 1.07 bits per heavy atom. The minimum Gasteiger partial charge on any atom is -0.343 e. The molecule has 2 N–H and O–H groups in total. The summed E-state index contributed by atoms with van der Waals surface area (Å²) < 4.78 is 41.6. The number of hydrogen-bond donors (Lipinski definition) is 2. The molecule has 0 spiro atoms. The SMILES string of the molecule is Cc1cc(C=NNC(=O)C(=O)NC(C)(C)C)c(C)n1-c1ccccc1C(F)(F)F. The second-order valence-electron chi connectivity index (χ2n) is 7.58. The number of hydrazone groups is 1. The van der Waals surface area contributed by atoms with Crippen LogP contribution in [0.5, 0.6) is 0 Å². The van der Waals surface area contributed by atoms with E-state index >= 15 is 0 Å². The van der Waals surface area contributed by atoms with Crippen LogP contribution in [0.4, 0.5) is 13.2 Å². The maximum Gasteiger partial charge on any atom is 0.418 e. The number of carbonyl (C=O) groups excluding carboxylic acids is 2. The van der Waals surface area contributed by atoms with Gasteiger partial charge in [-0.05, 0) is 52.8 Å². The van der Waals surface area contributed by atoms with Crippen molar-refractivity contribution in [3.05, 3.63) is 52.8 Å². The zero-order valence-electron chi connectivity index (χ0n) is 16.8. The van der Waals surface area contributed by atoms with E-state index in [2.05, 4.69) is 15.8 Å². The van der Waals surface area contributed by atoms with Crippen molar-refractivity contribution in [2.24, 2.45) is 5.10 Å². The van der Waals surface area contributed by atoms with Gasteiger partial charge < -0.3 is 9.88 Å². The first-order chi connectivity index (χ1) is 13.3. The Morgan fingerprint density at radius 2 is 1.69 bits per heavy atom. The fraction of sp³-hybridized carbons (Fsp3) is 0.350. The third-order valence-electron chi connectivity index (χ3n) is 3.99. The summed E-state index contributed by atoms with van der Waals surface area (Å²) in [5.41, 5.74) is 2.38. The lowest BCUT2D eigenvalue weighted by molar-refractivity contribution is -0.140. The first-order valence-corrected chi connectivity index (χ1v) is 8.82. The Bertz CT molecular complexity index is 954. The van der Waals surface area contributed by atoms with Crippen molar-refractivity contribution in [1.82, 2.24) is 15.3 Å². The normalized spacial score (nSPS) is 12.3. The van der Waals surface area contributed by atoms with Crippen molar-refractivity contribution in [2.45, 2.75) is 46.3 Å². The summed E-state index contributed by atoms with van der Waals surface area (Å²) >= 11 is 0. The van der Waals surface area contributed by atoms with Gasteiger partial charge in [0.05, 0.1) is 17.5 Å². The molecule has 6 nitrogen and oxygen atoms in total. The van der Waals surface area contributed by atoms with E-state index in [4.69, 9.17) is 0 Å². The predicted molar refractivity (Wildman–Crippen MR) is 104 cm³/mol. The average Bonchev–Trinajstić information content (AvgIpc) is 2.86. The molecule has 29 heavy (non-hydrogen) atoms. The monoisotopic (exact) mass is 408 g/mol. The van der Waals surface area contributed by atoms with Crippen LogP contribution in [-0.2, 0) is 15.8 Å². The van der Waals surface area contributed by atoms with Gasteiger partial charge in [-0.1, -0.05) is 12.1 Å². The lowest BCUT2D eigenvalue weighted by Crippen LogP contribution is -2.47. The number of aryl methyl sites for hydroxylation is 1. The molecule has 1 heterocycles. The van der Waals surface area contributed by atoms with Gasteiger partial charge in [-0.15, -0.1) is 0 Å². The molecule has 0 saturated heterocycles. The fourth-order valence-electron chi connectivity index (χ4n) is 2.81. The second kappa shape index (κ2) is 8.10. The van der Waals surface area contributed by atoms with E-state index in [9.17, 15) is 22.8 Å². The standard InChI is InChI=1S/C20H23F3N4O2/c1-12-10-14(11-24-26-18(29)17(28)25-19(3,4)5)13(2)27(12)16-9-7-6-8-15(16)20(21,22)23/h6-11H,1-5H3,(H,25,28)(H,26,29). The molecule has 0 aliphatic carbocycles. The molecule has 0 aliphatic heterocycles. The summed E-state index contributed by atoms with van der Waals surface area (Å²) in [5, 5.41) is 6.25. The van der Waals surface area contributed by atoms with Gasteiger partial charge in [0.15, 0.2) is 0 Å². The van der Waals surface area contributed by atoms with Crippen LogP contribution in [-0.4, -0.2) is 28.1 Å². The van der Waals surface area contributed by atoms with Crippen LogP contribution in [0.15, 0.2) is 35.4 Å². The minimum absolute atomic E-state index is 0.00300. The molecular formula is C20H23F3N4O2. The summed E-state index contributed by atoms with van der Waals surface area (Å²) in [6.45, 7) is 8.52. The molecule has 9 heteroatoms. The van der Waals surface area contributed by atoms with Crippen LogP contribution >= 0.6 is 0 Å². The number of amides is 2. The quantitative estimate of drug-likeness (QED) is 0.464. The molecule has 2 amide bonds. The van der Waals surface area contributed by atoms with E-state index in [-0.39, 0.29) is 5.69 Å². The Labute approximate surface area is 166 Å². The Hall–Kier alpha value is -3.10. The fourth-order valence-corrected chi connectivity index (χ4v) is 2.81. The second-order valence-corrected chi connectivity index (χ2v) is 7.58. The van der Waals surface area contributed by atoms with Crippen molar-refractivity contribution >= 4 is 18.0 Å². The average molecular weight is 408 g/mol. The van der Waals surface area contributed by atoms with Gasteiger partial charge in [0.2, 0.25) is 0 Å². The molecule has 2 rings (SSSR count). The van der Waals surface area contributed by atoms with E-state index < -0.39 is 29.1 Å². The lowest BCUT2D eigenvalue weighted by atomic mass is 10.1. The first-order valence-electron chi connectivity index (χ1n) is 8.82. The van der Waals surface area contributed by atoms with Crippen LogP contribution in [0.25, 0.3) is 5.69 Å². The van der Waals surface area contributed by atoms with Crippen molar-refractivity contribution in [1.29, 1.82) is 0 Å². The summed E-state index contributed by atoms with van der Waals surface area (Å²) in [5.74, 6) is -1.77. The molecule has 156 valence electrons. The number of carbonyl (C=O) groups is 2. The van der Waals surface area contributed by atoms with E-state index in [1.54, 1.807) is 40.7 Å². The number of halogens is 3. The Morgan fingerprint density at radius 3 is 2.28 bits per heavy atom. The van der Waals surface area contributed by atoms with Crippen LogP contribution in [0.2, 0.25) is 0 Å². The molecule has 0 radical (unpaired) electrons. The van der Waals surface area contributed by atoms with Gasteiger partial charge in [0, 0.05) is 22.5 Å². The van der Waals surface area contributed by atoms with Gasteiger partial charge in [-0.25, -0.2) is 5.43 Å². The highest BCUT2D eigenvalue weighted by Crippen LogP contribution is 2.35. The molecule has 1 aromatic carbocycles. The summed E-state index contributed by atoms with van der Waals surface area (Å²) in [6.07, 6.45) is -3.21. The van der Waals surface area contributed by atoms with Gasteiger partial charge in [-0.3, -0.25) is 9.59 Å². The number of hydrogen-bond acceptors (Lipinski definition) is 3. The predicted octanol–water partition coefficient (Wildman–Crippen LogP) is 3.48. The van der Waals surface area contributed by atoms with Crippen molar-refractivity contribution in [3.63, 3.8) is 0 Å². The minimum atomic E-state index is -4.50. The van der Waals surface area contributed by atoms with Gasteiger partial charge >= 0.3 is 18.0 Å². The van der Waals surface area contributed by atoms with Gasteiger partial charge in [-0.2, -0.15) is 18.3 Å². The summed E-state index contributed by atoms with van der Waals surface area (Å²) in [4.78, 5) is 23.5. The van der Waals surface area contributed by atoms with Crippen molar-refractivity contribution in [3.8, 4) is 5.69 Å². The molecule has 0 unspecified atom stereocenters. The number of nitrogens with zero attached hydrogens (tertiary/aromatic N) is 2. The third kappa shape index (κ3) is 5.46. The molecular weight excluding hydrogens is 385 g/mol. The zero-order valence-corrected chi connectivity index (χ0v) is 16.8. The number of rotatable bonds is 3. The maximum absolute atomic E-state index is 13.4. The number of aromatic nitrogens is 1. The van der Waals surface area contributed by atoms with E-state index in [0.29, 0.717) is 17.0 Å². The van der Waals surface area contributed by atoms with Crippen molar-refractivity contribution in [2.75, 3.05) is 0 Å². The zero-order chi connectivity index (χ0) is 22.0. The topological polar surface area (TPSA) is 75.5 Å². The molecule has 1 aromatic heterocycles. The van der Waals surface area contributed by atoms with E-state index in [1.165, 1.54) is 29.0 Å². The molecule has 0 saturated carbocycles. The number of nitrogens with one attached hydrogen (secondary N) is 2. The lowest BCUT2D eigenvalue weighted by Gasteiger charge is -2.19. The largest absolute Gasteiger partial charge is 0.418 e. The first kappa shape index (κ1) is 22.2. The van der Waals surface area contributed by atoms with E-state index in [1.807, 2.05) is 0 Å². The Kier molecular flexibility index (Phi) is 6.20. The highest BCUT2D eigenvalue weighted by molar-refractivity contribution is 6.35. The number of alkyl halides is 3. The third-order valence-corrected chi connectivity index (χ3v) is 3.99. The van der Waals surface area contributed by atoms with Gasteiger partial charge in [0.1, 0.15) is 0 Å². The molecule has 0 aliphatic rings. The Balaban J connectivity index is 2.27. The summed E-state index contributed by atoms with van der Waals surface area (Å²) in [7, 11) is 0.